The second-order valence-electron chi connectivity index (χ2n) is 3.11. The molecular weight excluding hydrogens is 240 g/mol. The van der Waals surface area contributed by atoms with Crippen LogP contribution in [0.5, 0.6) is 11.5 Å². The molecule has 0 saturated carbocycles. The van der Waals surface area contributed by atoms with E-state index in [0.29, 0.717) is 22.2 Å². The SMILES string of the molecule is O=C=Nc1cc(Cl)ccc1Oc1cccnc1. The van der Waals surface area contributed by atoms with Crippen molar-refractivity contribution in [2.45, 2.75) is 0 Å². The van der Waals surface area contributed by atoms with E-state index in [1.165, 1.54) is 12.1 Å². The lowest BCUT2D eigenvalue weighted by atomic mass is 10.3. The van der Waals surface area contributed by atoms with Crippen molar-refractivity contribution in [3.05, 3.63) is 47.7 Å². The van der Waals surface area contributed by atoms with Crippen LogP contribution in [0.1, 0.15) is 0 Å². The first kappa shape index (κ1) is 11.3. The van der Waals surface area contributed by atoms with Crippen LogP contribution >= 0.6 is 11.6 Å². The number of halogens is 1. The molecule has 1 aromatic heterocycles. The quantitative estimate of drug-likeness (QED) is 0.615. The Bertz CT molecular complexity index is 566. The second kappa shape index (κ2) is 5.25. The maximum Gasteiger partial charge on any atom is 0.240 e. The summed E-state index contributed by atoms with van der Waals surface area (Å²) in [7, 11) is 0. The van der Waals surface area contributed by atoms with Crippen molar-refractivity contribution in [3.8, 4) is 11.5 Å². The maximum absolute atomic E-state index is 10.3. The molecule has 0 spiro atoms. The molecule has 5 heteroatoms. The number of hydrogen-bond donors (Lipinski definition) is 0. The minimum Gasteiger partial charge on any atom is -0.453 e. The summed E-state index contributed by atoms with van der Waals surface area (Å²) in [6.07, 6.45) is 4.65. The summed E-state index contributed by atoms with van der Waals surface area (Å²) in [6, 6.07) is 8.30. The van der Waals surface area contributed by atoms with E-state index in [2.05, 4.69) is 9.98 Å². The summed E-state index contributed by atoms with van der Waals surface area (Å²) < 4.78 is 5.52. The number of isocyanates is 1. The van der Waals surface area contributed by atoms with Gasteiger partial charge in [-0.3, -0.25) is 4.98 Å². The monoisotopic (exact) mass is 246 g/mol. The molecular formula is C12H7ClN2O2. The number of nitrogens with zero attached hydrogens (tertiary/aromatic N) is 2. The van der Waals surface area contributed by atoms with Crippen LogP contribution in [-0.4, -0.2) is 11.1 Å². The van der Waals surface area contributed by atoms with Gasteiger partial charge in [-0.05, 0) is 30.3 Å². The van der Waals surface area contributed by atoms with Crippen molar-refractivity contribution in [2.24, 2.45) is 4.99 Å². The predicted molar refractivity (Wildman–Crippen MR) is 63.5 cm³/mol. The average molecular weight is 247 g/mol. The van der Waals surface area contributed by atoms with Crippen molar-refractivity contribution in [1.82, 2.24) is 4.98 Å². The molecule has 1 heterocycles. The van der Waals surface area contributed by atoms with Gasteiger partial charge in [0.25, 0.3) is 0 Å². The van der Waals surface area contributed by atoms with Crippen molar-refractivity contribution in [2.75, 3.05) is 0 Å². The van der Waals surface area contributed by atoms with Gasteiger partial charge >= 0.3 is 0 Å². The summed E-state index contributed by atoms with van der Waals surface area (Å²) in [5.74, 6) is 0.975. The van der Waals surface area contributed by atoms with Gasteiger partial charge in [0.15, 0.2) is 5.75 Å². The molecule has 84 valence electrons. The van der Waals surface area contributed by atoms with Crippen LogP contribution in [0.2, 0.25) is 5.02 Å². The number of benzene rings is 1. The lowest BCUT2D eigenvalue weighted by molar-refractivity contribution is 0.481. The van der Waals surface area contributed by atoms with Crippen molar-refractivity contribution >= 4 is 23.4 Å². The van der Waals surface area contributed by atoms with Crippen LogP contribution in [-0.2, 0) is 4.79 Å². The van der Waals surface area contributed by atoms with Crippen LogP contribution in [0, 0.1) is 0 Å². The first-order valence-corrected chi connectivity index (χ1v) is 5.12. The zero-order valence-electron chi connectivity index (χ0n) is 8.63. The highest BCUT2D eigenvalue weighted by Crippen LogP contribution is 2.33. The topological polar surface area (TPSA) is 51.5 Å². The molecule has 0 aliphatic rings. The fraction of sp³-hybridized carbons (Fsp3) is 0. The lowest BCUT2D eigenvalue weighted by Crippen LogP contribution is -1.85. The molecule has 1 aromatic carbocycles. The molecule has 0 aliphatic heterocycles. The lowest BCUT2D eigenvalue weighted by Gasteiger charge is -2.07. The minimum absolute atomic E-state index is 0.330. The fourth-order valence-corrected chi connectivity index (χ4v) is 1.41. The van der Waals surface area contributed by atoms with E-state index in [1.807, 2.05) is 0 Å². The Hall–Kier alpha value is -2.16. The zero-order valence-corrected chi connectivity index (χ0v) is 9.39. The molecule has 2 rings (SSSR count). The number of aliphatic imine (C=N–C) groups is 1. The molecule has 4 nitrogen and oxygen atoms in total. The highest BCUT2D eigenvalue weighted by atomic mass is 35.5. The Morgan fingerprint density at radius 2 is 2.24 bits per heavy atom. The minimum atomic E-state index is 0.330. The van der Waals surface area contributed by atoms with Gasteiger partial charge in [-0.2, -0.15) is 4.99 Å². The molecule has 0 fully saturated rings. The third-order valence-electron chi connectivity index (χ3n) is 1.95. The summed E-state index contributed by atoms with van der Waals surface area (Å²) in [6.45, 7) is 0. The molecule has 0 amide bonds. The van der Waals surface area contributed by atoms with Crippen molar-refractivity contribution < 1.29 is 9.53 Å². The third-order valence-corrected chi connectivity index (χ3v) is 2.18. The first-order valence-electron chi connectivity index (χ1n) is 4.75. The van der Waals surface area contributed by atoms with Gasteiger partial charge in [-0.15, -0.1) is 0 Å². The fourth-order valence-electron chi connectivity index (χ4n) is 1.25. The van der Waals surface area contributed by atoms with Crippen LogP contribution in [0.3, 0.4) is 0 Å². The van der Waals surface area contributed by atoms with Gasteiger partial charge in [0, 0.05) is 11.2 Å². The Kier molecular flexibility index (Phi) is 3.50. The summed E-state index contributed by atoms with van der Waals surface area (Å²) in [5, 5.41) is 0.470. The highest BCUT2D eigenvalue weighted by Gasteiger charge is 2.05. The van der Waals surface area contributed by atoms with Crippen molar-refractivity contribution in [3.63, 3.8) is 0 Å². The van der Waals surface area contributed by atoms with E-state index in [4.69, 9.17) is 16.3 Å². The normalized spacial score (nSPS) is 9.47. The number of pyridine rings is 1. The van der Waals surface area contributed by atoms with Gasteiger partial charge < -0.3 is 4.74 Å². The van der Waals surface area contributed by atoms with Gasteiger partial charge in [-0.1, -0.05) is 11.6 Å². The van der Waals surface area contributed by atoms with Crippen LogP contribution in [0.25, 0.3) is 0 Å². The molecule has 0 radical (unpaired) electrons. The van der Waals surface area contributed by atoms with E-state index in [9.17, 15) is 4.79 Å². The van der Waals surface area contributed by atoms with E-state index in [-0.39, 0.29) is 0 Å². The first-order chi connectivity index (χ1) is 8.29. The largest absolute Gasteiger partial charge is 0.453 e. The zero-order chi connectivity index (χ0) is 12.1. The van der Waals surface area contributed by atoms with E-state index in [0.717, 1.165) is 0 Å². The number of ether oxygens (including phenoxy) is 1. The maximum atomic E-state index is 10.3. The molecule has 0 bridgehead atoms. The molecule has 17 heavy (non-hydrogen) atoms. The van der Waals surface area contributed by atoms with Crippen LogP contribution in [0.15, 0.2) is 47.7 Å². The molecule has 0 saturated heterocycles. The molecule has 0 atom stereocenters. The third kappa shape index (κ3) is 2.91. The standard InChI is InChI=1S/C12H7ClN2O2/c13-9-3-4-12(11(6-9)15-8-16)17-10-2-1-5-14-7-10/h1-7H. The number of aromatic nitrogens is 1. The number of rotatable bonds is 3. The number of hydrogen-bond acceptors (Lipinski definition) is 4. The van der Waals surface area contributed by atoms with Gasteiger partial charge in [0.1, 0.15) is 11.4 Å². The van der Waals surface area contributed by atoms with Gasteiger partial charge in [-0.25, -0.2) is 4.79 Å². The van der Waals surface area contributed by atoms with Crippen molar-refractivity contribution in [1.29, 1.82) is 0 Å². The van der Waals surface area contributed by atoms with E-state index >= 15 is 0 Å². The predicted octanol–water partition coefficient (Wildman–Crippen LogP) is 3.49. The van der Waals surface area contributed by atoms with Gasteiger partial charge in [0.2, 0.25) is 6.08 Å². The van der Waals surface area contributed by atoms with Gasteiger partial charge in [0.05, 0.1) is 6.20 Å². The Morgan fingerprint density at radius 3 is 2.94 bits per heavy atom. The summed E-state index contributed by atoms with van der Waals surface area (Å²) in [4.78, 5) is 17.7. The van der Waals surface area contributed by atoms with Crippen LogP contribution < -0.4 is 4.74 Å². The molecule has 0 aliphatic carbocycles. The smallest absolute Gasteiger partial charge is 0.240 e. The molecule has 2 aromatic rings. The Balaban J connectivity index is 2.35. The van der Waals surface area contributed by atoms with E-state index in [1.54, 1.807) is 36.7 Å². The average Bonchev–Trinajstić information content (AvgIpc) is 2.34. The van der Waals surface area contributed by atoms with Crippen LogP contribution in [0.4, 0.5) is 5.69 Å². The Morgan fingerprint density at radius 1 is 1.35 bits per heavy atom. The summed E-state index contributed by atoms with van der Waals surface area (Å²) >= 11 is 5.80. The second-order valence-corrected chi connectivity index (χ2v) is 3.54. The van der Waals surface area contributed by atoms with E-state index < -0.39 is 0 Å². The molecule has 0 unspecified atom stereocenters. The highest BCUT2D eigenvalue weighted by molar-refractivity contribution is 6.30. The Labute approximate surface area is 103 Å². The number of carbonyl (C=O) groups excluding carboxylic acids is 1. The summed E-state index contributed by atoms with van der Waals surface area (Å²) in [5.41, 5.74) is 0.330. The molecule has 0 N–H and O–H groups in total.